The van der Waals surface area contributed by atoms with Gasteiger partial charge in [0, 0.05) is 17.0 Å². The van der Waals surface area contributed by atoms with Crippen LogP contribution in [0.5, 0.6) is 0 Å². The molecule has 0 saturated carbocycles. The number of aryl methyl sites for hydroxylation is 2. The molecule has 0 unspecified atom stereocenters. The standard InChI is InChI=1S/C19H19ClF2N2/c1-11-5-8-15(20)17-14(4-2-3-9-23)19(24-18(11)17)13-7-6-12(21)10-16(13)22/h5-8,10,24H,2-4,9,23H2,1H3. The lowest BCUT2D eigenvalue weighted by Gasteiger charge is -2.07. The van der Waals surface area contributed by atoms with E-state index in [2.05, 4.69) is 4.98 Å². The predicted molar refractivity (Wildman–Crippen MR) is 95.4 cm³/mol. The maximum absolute atomic E-state index is 14.3. The van der Waals surface area contributed by atoms with Gasteiger partial charge in [-0.3, -0.25) is 0 Å². The van der Waals surface area contributed by atoms with Gasteiger partial charge in [-0.25, -0.2) is 8.78 Å². The van der Waals surface area contributed by atoms with Crippen molar-refractivity contribution in [2.45, 2.75) is 26.2 Å². The van der Waals surface area contributed by atoms with Crippen LogP contribution >= 0.6 is 11.6 Å². The fraction of sp³-hybridized carbons (Fsp3) is 0.263. The molecule has 126 valence electrons. The van der Waals surface area contributed by atoms with Crippen LogP contribution in [0.2, 0.25) is 5.02 Å². The normalized spacial score (nSPS) is 11.4. The van der Waals surface area contributed by atoms with E-state index in [9.17, 15) is 8.78 Å². The van der Waals surface area contributed by atoms with Crippen LogP contribution in [0.4, 0.5) is 8.78 Å². The third-order valence-corrected chi connectivity index (χ3v) is 4.61. The number of hydrogen-bond acceptors (Lipinski definition) is 1. The quantitative estimate of drug-likeness (QED) is 0.599. The highest BCUT2D eigenvalue weighted by Crippen LogP contribution is 2.38. The SMILES string of the molecule is Cc1ccc(Cl)c2c(CCCCN)c(-c3ccc(F)cc3F)[nH]c12. The van der Waals surface area contributed by atoms with E-state index < -0.39 is 11.6 Å². The Balaban J connectivity index is 2.24. The number of hydrogen-bond donors (Lipinski definition) is 2. The molecule has 0 aliphatic heterocycles. The maximum atomic E-state index is 14.3. The van der Waals surface area contributed by atoms with Gasteiger partial charge in [0.2, 0.25) is 0 Å². The molecule has 0 fully saturated rings. The number of rotatable bonds is 5. The Kier molecular flexibility index (Phi) is 4.88. The van der Waals surface area contributed by atoms with Gasteiger partial charge >= 0.3 is 0 Å². The molecular weight excluding hydrogens is 330 g/mol. The van der Waals surface area contributed by atoms with Gasteiger partial charge in [-0.1, -0.05) is 17.7 Å². The summed E-state index contributed by atoms with van der Waals surface area (Å²) in [6.45, 7) is 2.58. The van der Waals surface area contributed by atoms with Crippen molar-refractivity contribution in [3.8, 4) is 11.3 Å². The Hall–Kier alpha value is -1.91. The van der Waals surface area contributed by atoms with E-state index in [1.54, 1.807) is 0 Å². The van der Waals surface area contributed by atoms with E-state index in [4.69, 9.17) is 17.3 Å². The van der Waals surface area contributed by atoms with E-state index in [1.807, 2.05) is 19.1 Å². The van der Waals surface area contributed by atoms with Crippen molar-refractivity contribution < 1.29 is 8.78 Å². The Morgan fingerprint density at radius 2 is 1.92 bits per heavy atom. The summed E-state index contributed by atoms with van der Waals surface area (Å²) in [5.41, 5.74) is 9.48. The third-order valence-electron chi connectivity index (χ3n) is 4.30. The molecule has 0 radical (unpaired) electrons. The van der Waals surface area contributed by atoms with Crippen LogP contribution in [0.3, 0.4) is 0 Å². The molecule has 3 N–H and O–H groups in total. The summed E-state index contributed by atoms with van der Waals surface area (Å²) in [5, 5.41) is 1.54. The first-order chi connectivity index (χ1) is 11.5. The number of nitrogens with two attached hydrogens (primary N) is 1. The summed E-state index contributed by atoms with van der Waals surface area (Å²) in [6.07, 6.45) is 2.48. The molecule has 0 aliphatic rings. The zero-order chi connectivity index (χ0) is 17.3. The van der Waals surface area contributed by atoms with Gasteiger partial charge in [0.1, 0.15) is 11.6 Å². The zero-order valence-corrected chi connectivity index (χ0v) is 14.2. The van der Waals surface area contributed by atoms with Crippen LogP contribution in [0, 0.1) is 18.6 Å². The van der Waals surface area contributed by atoms with Crippen LogP contribution in [-0.4, -0.2) is 11.5 Å². The van der Waals surface area contributed by atoms with Gasteiger partial charge in [0.15, 0.2) is 0 Å². The Labute approximate surface area is 144 Å². The largest absolute Gasteiger partial charge is 0.354 e. The minimum absolute atomic E-state index is 0.353. The summed E-state index contributed by atoms with van der Waals surface area (Å²) in [4.78, 5) is 3.30. The van der Waals surface area contributed by atoms with Crippen molar-refractivity contribution in [2.24, 2.45) is 5.73 Å². The van der Waals surface area contributed by atoms with E-state index in [-0.39, 0.29) is 0 Å². The van der Waals surface area contributed by atoms with Gasteiger partial charge in [0.05, 0.1) is 16.2 Å². The van der Waals surface area contributed by atoms with Crippen molar-refractivity contribution in [3.05, 3.63) is 58.1 Å². The first kappa shape index (κ1) is 16.9. The van der Waals surface area contributed by atoms with Crippen molar-refractivity contribution in [2.75, 3.05) is 6.54 Å². The van der Waals surface area contributed by atoms with Gasteiger partial charge in [0.25, 0.3) is 0 Å². The second-order valence-corrected chi connectivity index (χ2v) is 6.37. The molecule has 24 heavy (non-hydrogen) atoms. The Morgan fingerprint density at radius 3 is 2.62 bits per heavy atom. The number of halogens is 3. The number of H-pyrrole nitrogens is 1. The summed E-state index contributed by atoms with van der Waals surface area (Å²) in [6, 6.07) is 7.41. The lowest BCUT2D eigenvalue weighted by Crippen LogP contribution is -1.99. The molecule has 1 aromatic heterocycles. The van der Waals surface area contributed by atoms with Crippen LogP contribution in [0.15, 0.2) is 30.3 Å². The second-order valence-electron chi connectivity index (χ2n) is 5.96. The average Bonchev–Trinajstić information content (AvgIpc) is 2.92. The average molecular weight is 349 g/mol. The van der Waals surface area contributed by atoms with Crippen LogP contribution < -0.4 is 5.73 Å². The highest BCUT2D eigenvalue weighted by atomic mass is 35.5. The van der Waals surface area contributed by atoms with E-state index in [1.165, 1.54) is 12.1 Å². The third kappa shape index (κ3) is 3.04. The highest BCUT2D eigenvalue weighted by Gasteiger charge is 2.19. The fourth-order valence-electron chi connectivity index (χ4n) is 3.08. The van der Waals surface area contributed by atoms with Crippen molar-refractivity contribution in [1.82, 2.24) is 4.98 Å². The molecule has 0 aliphatic carbocycles. The van der Waals surface area contributed by atoms with E-state index in [0.717, 1.165) is 47.4 Å². The summed E-state index contributed by atoms with van der Waals surface area (Å²) in [7, 11) is 0. The number of aromatic amines is 1. The topological polar surface area (TPSA) is 41.8 Å². The van der Waals surface area contributed by atoms with Gasteiger partial charge in [-0.2, -0.15) is 0 Å². The number of benzene rings is 2. The lowest BCUT2D eigenvalue weighted by atomic mass is 9.99. The van der Waals surface area contributed by atoms with Crippen LogP contribution in [0.25, 0.3) is 22.2 Å². The molecule has 0 amide bonds. The van der Waals surface area contributed by atoms with Crippen molar-refractivity contribution >= 4 is 22.5 Å². The number of unbranched alkanes of at least 4 members (excludes halogenated alkanes) is 1. The Morgan fingerprint density at radius 1 is 1.12 bits per heavy atom. The van der Waals surface area contributed by atoms with Crippen molar-refractivity contribution in [3.63, 3.8) is 0 Å². The Bertz CT molecular complexity index is 887. The first-order valence-corrected chi connectivity index (χ1v) is 8.36. The molecule has 3 rings (SSSR count). The van der Waals surface area contributed by atoms with E-state index in [0.29, 0.717) is 22.8 Å². The van der Waals surface area contributed by atoms with Gasteiger partial charge < -0.3 is 10.7 Å². The molecule has 1 heterocycles. The second kappa shape index (κ2) is 6.91. The molecular formula is C19H19ClF2N2. The highest BCUT2D eigenvalue weighted by molar-refractivity contribution is 6.36. The smallest absolute Gasteiger partial charge is 0.135 e. The number of aromatic nitrogens is 1. The van der Waals surface area contributed by atoms with Gasteiger partial charge in [-0.05, 0) is 62.1 Å². The molecule has 0 atom stereocenters. The lowest BCUT2D eigenvalue weighted by molar-refractivity contribution is 0.585. The maximum Gasteiger partial charge on any atom is 0.135 e. The van der Waals surface area contributed by atoms with Crippen LogP contribution in [-0.2, 0) is 6.42 Å². The molecule has 0 bridgehead atoms. The predicted octanol–water partition coefficient (Wildman–Crippen LogP) is 5.36. The molecule has 3 aromatic rings. The number of nitrogens with one attached hydrogen (secondary N) is 1. The summed E-state index contributed by atoms with van der Waals surface area (Å²) in [5.74, 6) is -1.18. The van der Waals surface area contributed by atoms with Crippen molar-refractivity contribution in [1.29, 1.82) is 0 Å². The molecule has 2 aromatic carbocycles. The minimum atomic E-state index is -0.591. The fourth-order valence-corrected chi connectivity index (χ4v) is 3.35. The number of fused-ring (bicyclic) bond motifs is 1. The molecule has 0 spiro atoms. The van der Waals surface area contributed by atoms with E-state index >= 15 is 0 Å². The molecule has 5 heteroatoms. The minimum Gasteiger partial charge on any atom is -0.354 e. The van der Waals surface area contributed by atoms with Gasteiger partial charge in [-0.15, -0.1) is 0 Å². The molecule has 2 nitrogen and oxygen atoms in total. The van der Waals surface area contributed by atoms with Crippen LogP contribution in [0.1, 0.15) is 24.0 Å². The zero-order valence-electron chi connectivity index (χ0n) is 13.4. The summed E-state index contributed by atoms with van der Waals surface area (Å²) >= 11 is 6.41. The molecule has 0 saturated heterocycles. The monoisotopic (exact) mass is 348 g/mol. The first-order valence-electron chi connectivity index (χ1n) is 7.98. The summed E-state index contributed by atoms with van der Waals surface area (Å²) < 4.78 is 27.6.